The number of hydrogen-bond acceptors (Lipinski definition) is 4. The molecule has 1 amide bonds. The number of hydrogen-bond donors (Lipinski definition) is 1. The van der Waals surface area contributed by atoms with Gasteiger partial charge in [-0.1, -0.05) is 19.1 Å². The van der Waals surface area contributed by atoms with E-state index in [1.807, 2.05) is 32.0 Å². The van der Waals surface area contributed by atoms with Gasteiger partial charge in [-0.2, -0.15) is 0 Å². The molecule has 2 N–H and O–H groups in total. The molecule has 2 rings (SSSR count). The lowest BCUT2D eigenvalue weighted by molar-refractivity contribution is 0.0982. The smallest absolute Gasteiger partial charge is 0.278 e. The van der Waals surface area contributed by atoms with Gasteiger partial charge in [-0.05, 0) is 25.5 Å². The second-order valence-corrected chi connectivity index (χ2v) is 4.56. The summed E-state index contributed by atoms with van der Waals surface area (Å²) in [6.07, 6.45) is 3.92. The van der Waals surface area contributed by atoms with E-state index in [1.54, 1.807) is 17.2 Å². The van der Waals surface area contributed by atoms with Crippen molar-refractivity contribution in [3.63, 3.8) is 0 Å². The maximum Gasteiger partial charge on any atom is 0.278 e. The van der Waals surface area contributed by atoms with E-state index >= 15 is 0 Å². The summed E-state index contributed by atoms with van der Waals surface area (Å²) in [6, 6.07) is 7.33. The Labute approximate surface area is 118 Å². The molecule has 0 saturated carbocycles. The highest BCUT2D eigenvalue weighted by atomic mass is 16.2. The molecular weight excluding hydrogens is 252 g/mol. The molecule has 5 heteroatoms. The standard InChI is InChI=1S/C15H18N4O/c1-3-8-19(14-7-5-4-6-12(14)16)15(20)13-10-17-11(2)9-18-13/h4-7,9-10H,3,8,16H2,1-2H3. The number of benzene rings is 1. The van der Waals surface area contributed by atoms with Gasteiger partial charge in [0.25, 0.3) is 5.91 Å². The van der Waals surface area contributed by atoms with Gasteiger partial charge in [-0.25, -0.2) is 4.98 Å². The SMILES string of the molecule is CCCN(C(=O)c1cnc(C)cn1)c1ccccc1N. The van der Waals surface area contributed by atoms with Crippen molar-refractivity contribution in [2.45, 2.75) is 20.3 Å². The third-order valence-corrected chi connectivity index (χ3v) is 2.92. The average Bonchev–Trinajstić information content (AvgIpc) is 2.46. The van der Waals surface area contributed by atoms with Crippen molar-refractivity contribution in [1.29, 1.82) is 0 Å². The van der Waals surface area contributed by atoms with Crippen LogP contribution in [-0.2, 0) is 0 Å². The van der Waals surface area contributed by atoms with Crippen molar-refractivity contribution < 1.29 is 4.79 Å². The average molecular weight is 270 g/mol. The summed E-state index contributed by atoms with van der Waals surface area (Å²) < 4.78 is 0. The number of aromatic nitrogens is 2. The van der Waals surface area contributed by atoms with Crippen LogP contribution in [0.2, 0.25) is 0 Å². The van der Waals surface area contributed by atoms with Gasteiger partial charge in [0.2, 0.25) is 0 Å². The topological polar surface area (TPSA) is 72.1 Å². The van der Waals surface area contributed by atoms with Crippen LogP contribution < -0.4 is 10.6 Å². The lowest BCUT2D eigenvalue weighted by Gasteiger charge is -2.23. The predicted molar refractivity (Wildman–Crippen MR) is 79.6 cm³/mol. The zero-order valence-electron chi connectivity index (χ0n) is 11.7. The number of rotatable bonds is 4. The molecule has 0 aliphatic rings. The number of amides is 1. The van der Waals surface area contributed by atoms with Crippen molar-refractivity contribution in [2.24, 2.45) is 0 Å². The van der Waals surface area contributed by atoms with Gasteiger partial charge in [0.15, 0.2) is 0 Å². The Morgan fingerprint density at radius 2 is 2.00 bits per heavy atom. The summed E-state index contributed by atoms with van der Waals surface area (Å²) in [4.78, 5) is 22.5. The number of anilines is 2. The lowest BCUT2D eigenvalue weighted by Crippen LogP contribution is -2.33. The number of nitrogen functional groups attached to an aromatic ring is 1. The molecule has 20 heavy (non-hydrogen) atoms. The third kappa shape index (κ3) is 2.93. The predicted octanol–water partition coefficient (Wildman–Crippen LogP) is 2.42. The minimum Gasteiger partial charge on any atom is -0.397 e. The number of aryl methyl sites for hydroxylation is 1. The normalized spacial score (nSPS) is 10.3. The van der Waals surface area contributed by atoms with Crippen molar-refractivity contribution in [2.75, 3.05) is 17.2 Å². The van der Waals surface area contributed by atoms with E-state index in [0.717, 1.165) is 12.1 Å². The number of nitrogens with zero attached hydrogens (tertiary/aromatic N) is 3. The van der Waals surface area contributed by atoms with Crippen molar-refractivity contribution in [1.82, 2.24) is 9.97 Å². The minimum atomic E-state index is -0.183. The number of para-hydroxylation sites is 2. The van der Waals surface area contributed by atoms with E-state index in [2.05, 4.69) is 9.97 Å². The van der Waals surface area contributed by atoms with Gasteiger partial charge in [-0.15, -0.1) is 0 Å². The summed E-state index contributed by atoms with van der Waals surface area (Å²) in [6.45, 7) is 4.43. The van der Waals surface area contributed by atoms with Gasteiger partial charge in [-0.3, -0.25) is 9.78 Å². The molecule has 0 radical (unpaired) electrons. The summed E-state index contributed by atoms with van der Waals surface area (Å²) in [5, 5.41) is 0. The maximum atomic E-state index is 12.6. The molecule has 0 spiro atoms. The van der Waals surface area contributed by atoms with Crippen LogP contribution in [0.5, 0.6) is 0 Å². The first kappa shape index (κ1) is 14.0. The Kier molecular flexibility index (Phi) is 4.30. The number of carbonyl (C=O) groups excluding carboxylic acids is 1. The highest BCUT2D eigenvalue weighted by Crippen LogP contribution is 2.24. The monoisotopic (exact) mass is 270 g/mol. The van der Waals surface area contributed by atoms with E-state index in [9.17, 15) is 4.79 Å². The first-order chi connectivity index (χ1) is 9.63. The summed E-state index contributed by atoms with van der Waals surface area (Å²) in [7, 11) is 0. The maximum absolute atomic E-state index is 12.6. The molecule has 0 bridgehead atoms. The van der Waals surface area contributed by atoms with Gasteiger partial charge in [0.05, 0.1) is 23.3 Å². The Morgan fingerprint density at radius 3 is 2.60 bits per heavy atom. The van der Waals surface area contributed by atoms with E-state index in [1.165, 1.54) is 6.20 Å². The fraction of sp³-hybridized carbons (Fsp3) is 0.267. The van der Waals surface area contributed by atoms with Gasteiger partial charge < -0.3 is 10.6 Å². The molecule has 0 saturated heterocycles. The molecule has 0 aliphatic carbocycles. The van der Waals surface area contributed by atoms with E-state index < -0.39 is 0 Å². The van der Waals surface area contributed by atoms with E-state index in [0.29, 0.717) is 23.6 Å². The Bertz CT molecular complexity index is 595. The Morgan fingerprint density at radius 1 is 1.25 bits per heavy atom. The van der Waals surface area contributed by atoms with E-state index in [-0.39, 0.29) is 5.91 Å². The largest absolute Gasteiger partial charge is 0.397 e. The van der Waals surface area contributed by atoms with Crippen molar-refractivity contribution in [3.8, 4) is 0 Å². The second-order valence-electron chi connectivity index (χ2n) is 4.56. The highest BCUT2D eigenvalue weighted by molar-refractivity contribution is 6.06. The van der Waals surface area contributed by atoms with Crippen LogP contribution in [0.3, 0.4) is 0 Å². The van der Waals surface area contributed by atoms with Crippen LogP contribution in [-0.4, -0.2) is 22.4 Å². The van der Waals surface area contributed by atoms with Crippen LogP contribution in [0.1, 0.15) is 29.5 Å². The van der Waals surface area contributed by atoms with Crippen LogP contribution in [0.4, 0.5) is 11.4 Å². The Balaban J connectivity index is 2.36. The first-order valence-electron chi connectivity index (χ1n) is 6.58. The molecule has 2 aromatic rings. The van der Waals surface area contributed by atoms with Gasteiger partial charge >= 0.3 is 0 Å². The molecular formula is C15H18N4O. The third-order valence-electron chi connectivity index (χ3n) is 2.92. The minimum absolute atomic E-state index is 0.183. The molecule has 1 heterocycles. The summed E-state index contributed by atoms with van der Waals surface area (Å²) in [5.41, 5.74) is 8.36. The molecule has 5 nitrogen and oxygen atoms in total. The fourth-order valence-corrected chi connectivity index (χ4v) is 1.93. The van der Waals surface area contributed by atoms with Gasteiger partial charge in [0.1, 0.15) is 5.69 Å². The molecule has 0 fully saturated rings. The van der Waals surface area contributed by atoms with Crippen LogP contribution in [0, 0.1) is 6.92 Å². The highest BCUT2D eigenvalue weighted by Gasteiger charge is 2.20. The fourth-order valence-electron chi connectivity index (χ4n) is 1.93. The quantitative estimate of drug-likeness (QED) is 0.866. The summed E-state index contributed by atoms with van der Waals surface area (Å²) >= 11 is 0. The van der Waals surface area contributed by atoms with Crippen LogP contribution in [0.25, 0.3) is 0 Å². The molecule has 0 aliphatic heterocycles. The number of nitrogens with two attached hydrogens (primary N) is 1. The zero-order valence-corrected chi connectivity index (χ0v) is 11.7. The first-order valence-corrected chi connectivity index (χ1v) is 6.58. The van der Waals surface area contributed by atoms with Crippen LogP contribution >= 0.6 is 0 Å². The second kappa shape index (κ2) is 6.14. The molecule has 1 aromatic carbocycles. The van der Waals surface area contributed by atoms with E-state index in [4.69, 9.17) is 5.73 Å². The zero-order chi connectivity index (χ0) is 14.5. The lowest BCUT2D eigenvalue weighted by atomic mass is 10.2. The molecule has 104 valence electrons. The number of carbonyl (C=O) groups is 1. The molecule has 0 unspecified atom stereocenters. The van der Waals surface area contributed by atoms with Crippen LogP contribution in [0.15, 0.2) is 36.7 Å². The van der Waals surface area contributed by atoms with Crippen molar-refractivity contribution >= 4 is 17.3 Å². The molecule has 0 atom stereocenters. The Hall–Kier alpha value is -2.43. The van der Waals surface area contributed by atoms with Crippen molar-refractivity contribution in [3.05, 3.63) is 48.0 Å². The summed E-state index contributed by atoms with van der Waals surface area (Å²) in [5.74, 6) is -0.183. The molecule has 1 aromatic heterocycles. The van der Waals surface area contributed by atoms with Gasteiger partial charge in [0, 0.05) is 12.7 Å².